The zero-order valence-corrected chi connectivity index (χ0v) is 21.9. The zero-order chi connectivity index (χ0) is 25.8. The number of hydrogen-bond donors (Lipinski definition) is 0. The van der Waals surface area contributed by atoms with Crippen molar-refractivity contribution in [3.05, 3.63) is 89.3 Å². The summed E-state index contributed by atoms with van der Waals surface area (Å²) in [6.45, 7) is 2.82. The van der Waals surface area contributed by atoms with Gasteiger partial charge in [0.05, 0.1) is 19.3 Å². The fraction of sp³-hybridized carbons (Fsp3) is 0.355. The monoisotopic (exact) mass is 497 g/mol. The highest BCUT2D eigenvalue weighted by atomic mass is 16.5. The second-order valence-corrected chi connectivity index (χ2v) is 9.97. The van der Waals surface area contributed by atoms with Crippen molar-refractivity contribution in [2.75, 3.05) is 45.8 Å². The quantitative estimate of drug-likeness (QED) is 0.382. The van der Waals surface area contributed by atoms with Gasteiger partial charge < -0.3 is 19.3 Å². The number of fused-ring (bicyclic) bond motifs is 1. The van der Waals surface area contributed by atoms with Crippen molar-refractivity contribution < 1.29 is 14.3 Å². The van der Waals surface area contributed by atoms with Crippen LogP contribution in [0.15, 0.2) is 67.0 Å². The van der Waals surface area contributed by atoms with Crippen LogP contribution in [0.2, 0.25) is 0 Å². The number of carbonyl (C=O) groups is 1. The van der Waals surface area contributed by atoms with E-state index in [4.69, 9.17) is 9.47 Å². The zero-order valence-electron chi connectivity index (χ0n) is 21.9. The highest BCUT2D eigenvalue weighted by Crippen LogP contribution is 2.40. The lowest BCUT2D eigenvalue weighted by molar-refractivity contribution is 0.0599. The number of rotatable bonds is 7. The van der Waals surface area contributed by atoms with Gasteiger partial charge in [0.1, 0.15) is 5.75 Å². The molecule has 0 spiro atoms. The van der Waals surface area contributed by atoms with Crippen molar-refractivity contribution in [1.29, 1.82) is 0 Å². The van der Waals surface area contributed by atoms with Crippen molar-refractivity contribution in [2.24, 2.45) is 0 Å². The third-order valence-electron chi connectivity index (χ3n) is 7.66. The van der Waals surface area contributed by atoms with E-state index in [-0.39, 0.29) is 5.97 Å². The van der Waals surface area contributed by atoms with Gasteiger partial charge in [-0.1, -0.05) is 24.3 Å². The van der Waals surface area contributed by atoms with Gasteiger partial charge in [-0.2, -0.15) is 0 Å². The topological polar surface area (TPSA) is 54.9 Å². The van der Waals surface area contributed by atoms with E-state index in [0.29, 0.717) is 18.1 Å². The molecule has 37 heavy (non-hydrogen) atoms. The predicted molar refractivity (Wildman–Crippen MR) is 148 cm³/mol. The van der Waals surface area contributed by atoms with Crippen molar-refractivity contribution in [3.8, 4) is 5.75 Å². The van der Waals surface area contributed by atoms with E-state index >= 15 is 0 Å². The van der Waals surface area contributed by atoms with Crippen LogP contribution >= 0.6 is 0 Å². The Balaban J connectivity index is 1.29. The average molecular weight is 498 g/mol. The van der Waals surface area contributed by atoms with E-state index < -0.39 is 0 Å². The molecule has 3 aromatic rings. The van der Waals surface area contributed by atoms with Crippen LogP contribution in [0.4, 0.5) is 11.4 Å². The summed E-state index contributed by atoms with van der Waals surface area (Å²) in [5, 5.41) is 0. The Morgan fingerprint density at radius 1 is 1.16 bits per heavy atom. The Kier molecular flexibility index (Phi) is 7.56. The SMILES string of the molecule is COC(=O)c1ccncc1CC[C@@H]1CCOc2cc(N(C)c3ccc(C4=CCN(C)CC4)cc3)ccc21. The first-order valence-corrected chi connectivity index (χ1v) is 13.0. The molecule has 1 atom stereocenters. The molecule has 6 nitrogen and oxygen atoms in total. The van der Waals surface area contributed by atoms with Crippen LogP contribution in [-0.2, 0) is 11.2 Å². The number of likely N-dealkylation sites (N-methyl/N-ethyl adjacent to an activating group) is 1. The molecule has 192 valence electrons. The van der Waals surface area contributed by atoms with Crippen LogP contribution in [0.1, 0.15) is 52.2 Å². The minimum Gasteiger partial charge on any atom is -0.493 e. The number of esters is 1. The summed E-state index contributed by atoms with van der Waals surface area (Å²) in [6.07, 6.45) is 9.50. The fourth-order valence-corrected chi connectivity index (χ4v) is 5.31. The molecule has 2 aliphatic rings. The molecule has 0 amide bonds. The number of aromatic nitrogens is 1. The lowest BCUT2D eigenvalue weighted by Crippen LogP contribution is -2.23. The van der Waals surface area contributed by atoms with Gasteiger partial charge in [0.25, 0.3) is 0 Å². The van der Waals surface area contributed by atoms with E-state index in [1.807, 2.05) is 0 Å². The molecule has 6 heteroatoms. The Labute approximate surface area is 219 Å². The average Bonchev–Trinajstić information content (AvgIpc) is 2.95. The maximum Gasteiger partial charge on any atom is 0.338 e. The van der Waals surface area contributed by atoms with Gasteiger partial charge in [-0.15, -0.1) is 0 Å². The smallest absolute Gasteiger partial charge is 0.338 e. The molecule has 0 radical (unpaired) electrons. The number of hydrogen-bond acceptors (Lipinski definition) is 6. The molecule has 1 aromatic heterocycles. The third-order valence-corrected chi connectivity index (χ3v) is 7.66. The largest absolute Gasteiger partial charge is 0.493 e. The molecule has 2 aromatic carbocycles. The first kappa shape index (κ1) is 25.0. The van der Waals surface area contributed by atoms with Gasteiger partial charge in [0.2, 0.25) is 0 Å². The van der Waals surface area contributed by atoms with Crippen molar-refractivity contribution >= 4 is 22.9 Å². The van der Waals surface area contributed by atoms with E-state index in [1.54, 1.807) is 18.5 Å². The summed E-state index contributed by atoms with van der Waals surface area (Å²) in [4.78, 5) is 20.9. The lowest BCUT2D eigenvalue weighted by Gasteiger charge is -2.28. The highest BCUT2D eigenvalue weighted by molar-refractivity contribution is 5.90. The summed E-state index contributed by atoms with van der Waals surface area (Å²) < 4.78 is 11.0. The Hall–Kier alpha value is -3.64. The summed E-state index contributed by atoms with van der Waals surface area (Å²) >= 11 is 0. The maximum absolute atomic E-state index is 12.1. The van der Waals surface area contributed by atoms with E-state index in [0.717, 1.165) is 61.5 Å². The van der Waals surface area contributed by atoms with Gasteiger partial charge in [0, 0.05) is 50.0 Å². The van der Waals surface area contributed by atoms with Crippen molar-refractivity contribution in [3.63, 3.8) is 0 Å². The van der Waals surface area contributed by atoms with Crippen LogP contribution in [0.3, 0.4) is 0 Å². The van der Waals surface area contributed by atoms with Crippen molar-refractivity contribution in [1.82, 2.24) is 9.88 Å². The molecule has 0 bridgehead atoms. The number of carbonyl (C=O) groups excluding carboxylic acids is 1. The Bertz CT molecular complexity index is 1290. The molecule has 2 aliphatic heterocycles. The predicted octanol–water partition coefficient (Wildman–Crippen LogP) is 5.85. The number of methoxy groups -OCH3 is 1. The van der Waals surface area contributed by atoms with E-state index in [2.05, 4.69) is 77.4 Å². The summed E-state index contributed by atoms with van der Waals surface area (Å²) in [7, 11) is 5.68. The number of benzene rings is 2. The number of anilines is 2. The minimum atomic E-state index is -0.312. The van der Waals surface area contributed by atoms with Crippen molar-refractivity contribution in [2.45, 2.75) is 31.6 Å². The van der Waals surface area contributed by atoms with Crippen LogP contribution < -0.4 is 9.64 Å². The molecule has 0 saturated heterocycles. The summed E-state index contributed by atoms with van der Waals surface area (Å²) in [5.41, 5.74) is 7.76. The lowest BCUT2D eigenvalue weighted by atomic mass is 9.87. The van der Waals surface area contributed by atoms with Gasteiger partial charge in [-0.3, -0.25) is 4.98 Å². The normalized spacial score (nSPS) is 17.4. The Morgan fingerprint density at radius 2 is 1.97 bits per heavy atom. The molecule has 0 saturated carbocycles. The highest BCUT2D eigenvalue weighted by Gasteiger charge is 2.23. The molecule has 0 N–H and O–H groups in total. The van der Waals surface area contributed by atoms with Gasteiger partial charge >= 0.3 is 5.97 Å². The second-order valence-electron chi connectivity index (χ2n) is 9.97. The molecular weight excluding hydrogens is 462 g/mol. The maximum atomic E-state index is 12.1. The van der Waals surface area contributed by atoms with E-state index in [1.165, 1.54) is 23.8 Å². The standard InChI is InChI=1S/C31H35N3O3/c1-33-17-13-23(14-18-33)22-6-8-26(9-7-22)34(2)27-10-11-28-24(15-19-37-30(28)20-27)4-5-25-21-32-16-12-29(25)31(35)36-3/h6-13,16,20-21,24H,4-5,14-15,17-19H2,1-3H3/t24-/m1/s1. The van der Waals surface area contributed by atoms with Gasteiger partial charge in [-0.25, -0.2) is 4.79 Å². The first-order chi connectivity index (χ1) is 18.0. The van der Waals surface area contributed by atoms with Crippen LogP contribution in [0, 0.1) is 0 Å². The van der Waals surface area contributed by atoms with Crippen LogP contribution in [-0.4, -0.2) is 56.8 Å². The minimum absolute atomic E-state index is 0.312. The first-order valence-electron chi connectivity index (χ1n) is 13.0. The van der Waals surface area contributed by atoms with Crippen LogP contribution in [0.5, 0.6) is 5.75 Å². The number of ether oxygens (including phenoxy) is 2. The number of pyridine rings is 1. The molecular formula is C31H35N3O3. The third kappa shape index (κ3) is 5.54. The van der Waals surface area contributed by atoms with Gasteiger partial charge in [-0.05, 0) is 85.2 Å². The molecule has 0 aliphatic carbocycles. The van der Waals surface area contributed by atoms with E-state index in [9.17, 15) is 4.79 Å². The number of nitrogens with zero attached hydrogens (tertiary/aromatic N) is 3. The fourth-order valence-electron chi connectivity index (χ4n) is 5.31. The van der Waals surface area contributed by atoms with Crippen LogP contribution in [0.25, 0.3) is 5.57 Å². The summed E-state index contributed by atoms with van der Waals surface area (Å²) in [6, 6.07) is 17.1. The molecule has 3 heterocycles. The molecule has 0 unspecified atom stereocenters. The summed E-state index contributed by atoms with van der Waals surface area (Å²) in [5.74, 6) is 1.01. The molecule has 0 fully saturated rings. The Morgan fingerprint density at radius 3 is 2.73 bits per heavy atom. The second kappa shape index (κ2) is 11.2. The van der Waals surface area contributed by atoms with Gasteiger partial charge in [0.15, 0.2) is 0 Å². The number of aryl methyl sites for hydroxylation is 1. The molecule has 5 rings (SSSR count).